The minimum absolute atomic E-state index is 0.0691. The summed E-state index contributed by atoms with van der Waals surface area (Å²) in [6.45, 7) is 0.239. The standard InChI is InChI=1S/C20H19N3O4S/c24-19(21-15-10-11-28(26,27)13-15)18-16-8-4-5-9-17(16)20(25)23(22-18)12-14-6-2-1-3-7-14/h1-9,15H,10-13H2,(H,21,24). The van der Waals surface area contributed by atoms with Crippen molar-refractivity contribution in [2.75, 3.05) is 11.5 Å². The molecule has 1 saturated heterocycles. The molecule has 0 aliphatic carbocycles. The van der Waals surface area contributed by atoms with Crippen LogP contribution in [-0.2, 0) is 16.4 Å². The Morgan fingerprint density at radius 2 is 1.75 bits per heavy atom. The fourth-order valence-electron chi connectivity index (χ4n) is 3.43. The first-order chi connectivity index (χ1) is 13.4. The molecule has 1 unspecified atom stereocenters. The summed E-state index contributed by atoms with van der Waals surface area (Å²) in [4.78, 5) is 25.7. The second kappa shape index (κ2) is 7.20. The van der Waals surface area contributed by atoms with Gasteiger partial charge >= 0.3 is 0 Å². The van der Waals surface area contributed by atoms with E-state index in [1.165, 1.54) is 4.68 Å². The van der Waals surface area contributed by atoms with Crippen LogP contribution >= 0.6 is 0 Å². The molecular weight excluding hydrogens is 378 g/mol. The third-order valence-electron chi connectivity index (χ3n) is 4.83. The van der Waals surface area contributed by atoms with Crippen molar-refractivity contribution in [3.05, 3.63) is 76.2 Å². The summed E-state index contributed by atoms with van der Waals surface area (Å²) in [6, 6.07) is 15.8. The third-order valence-corrected chi connectivity index (χ3v) is 6.59. The van der Waals surface area contributed by atoms with Crippen LogP contribution in [0.2, 0.25) is 0 Å². The molecule has 144 valence electrons. The number of nitrogens with one attached hydrogen (secondary N) is 1. The van der Waals surface area contributed by atoms with Gasteiger partial charge in [0, 0.05) is 11.4 Å². The Labute approximate surface area is 161 Å². The number of aromatic nitrogens is 2. The lowest BCUT2D eigenvalue weighted by atomic mass is 10.1. The summed E-state index contributed by atoms with van der Waals surface area (Å²) in [5.41, 5.74) is 0.732. The molecule has 0 radical (unpaired) electrons. The van der Waals surface area contributed by atoms with Gasteiger partial charge in [-0.2, -0.15) is 5.10 Å². The second-order valence-corrected chi connectivity index (χ2v) is 9.14. The van der Waals surface area contributed by atoms with Gasteiger partial charge in [0.05, 0.1) is 23.4 Å². The molecule has 1 atom stereocenters. The highest BCUT2D eigenvalue weighted by atomic mass is 32.2. The Kier molecular flexibility index (Phi) is 4.72. The fraction of sp³-hybridized carbons (Fsp3) is 0.250. The Morgan fingerprint density at radius 1 is 1.07 bits per heavy atom. The highest BCUT2D eigenvalue weighted by Gasteiger charge is 2.30. The molecule has 7 nitrogen and oxygen atoms in total. The average Bonchev–Trinajstić information content (AvgIpc) is 3.03. The molecule has 1 aromatic heterocycles. The molecule has 0 spiro atoms. The largest absolute Gasteiger partial charge is 0.347 e. The van der Waals surface area contributed by atoms with Gasteiger partial charge in [-0.25, -0.2) is 13.1 Å². The maximum absolute atomic E-state index is 12.9. The first kappa shape index (κ1) is 18.4. The fourth-order valence-corrected chi connectivity index (χ4v) is 5.10. The van der Waals surface area contributed by atoms with Gasteiger partial charge < -0.3 is 5.32 Å². The summed E-state index contributed by atoms with van der Waals surface area (Å²) in [7, 11) is -3.11. The minimum Gasteiger partial charge on any atom is -0.347 e. The smallest absolute Gasteiger partial charge is 0.274 e. The molecule has 0 saturated carbocycles. The summed E-state index contributed by atoms with van der Waals surface area (Å²) in [5, 5.41) is 7.93. The van der Waals surface area contributed by atoms with E-state index in [0.29, 0.717) is 17.2 Å². The van der Waals surface area contributed by atoms with Crippen LogP contribution in [0.15, 0.2) is 59.4 Å². The number of fused-ring (bicyclic) bond motifs is 1. The number of sulfone groups is 1. The average molecular weight is 397 g/mol. The molecule has 4 rings (SSSR count). The summed E-state index contributed by atoms with van der Waals surface area (Å²) in [5.74, 6) is -0.472. The number of carbonyl (C=O) groups excluding carboxylic acids is 1. The monoisotopic (exact) mass is 397 g/mol. The van der Waals surface area contributed by atoms with Crippen LogP contribution in [0.4, 0.5) is 0 Å². The molecule has 2 aromatic carbocycles. The molecule has 1 amide bonds. The Hall–Kier alpha value is -3.00. The van der Waals surface area contributed by atoms with E-state index in [0.717, 1.165) is 5.56 Å². The van der Waals surface area contributed by atoms with E-state index in [4.69, 9.17) is 0 Å². The molecule has 8 heteroatoms. The number of nitrogens with zero attached hydrogens (tertiary/aromatic N) is 2. The van der Waals surface area contributed by atoms with Crippen LogP contribution in [-0.4, -0.2) is 41.7 Å². The van der Waals surface area contributed by atoms with Crippen molar-refractivity contribution < 1.29 is 13.2 Å². The van der Waals surface area contributed by atoms with E-state index in [1.54, 1.807) is 24.3 Å². The minimum atomic E-state index is -3.11. The molecule has 1 N–H and O–H groups in total. The lowest BCUT2D eigenvalue weighted by molar-refractivity contribution is 0.0935. The Morgan fingerprint density at radius 3 is 2.43 bits per heavy atom. The van der Waals surface area contributed by atoms with Gasteiger partial charge in [0.1, 0.15) is 0 Å². The molecule has 1 aliphatic rings. The topological polar surface area (TPSA) is 98.1 Å². The number of rotatable bonds is 4. The van der Waals surface area contributed by atoms with Crippen molar-refractivity contribution in [1.29, 1.82) is 0 Å². The Bertz CT molecular complexity index is 1200. The second-order valence-electron chi connectivity index (χ2n) is 6.92. The maximum atomic E-state index is 12.9. The summed E-state index contributed by atoms with van der Waals surface area (Å²) < 4.78 is 24.6. The van der Waals surface area contributed by atoms with Gasteiger partial charge in [-0.05, 0) is 18.1 Å². The molecule has 2 heterocycles. The van der Waals surface area contributed by atoms with E-state index in [-0.39, 0.29) is 29.3 Å². The summed E-state index contributed by atoms with van der Waals surface area (Å²) >= 11 is 0. The van der Waals surface area contributed by atoms with Crippen molar-refractivity contribution in [2.45, 2.75) is 19.0 Å². The van der Waals surface area contributed by atoms with E-state index in [2.05, 4.69) is 10.4 Å². The quantitative estimate of drug-likeness (QED) is 0.717. The van der Waals surface area contributed by atoms with E-state index >= 15 is 0 Å². The number of hydrogen-bond donors (Lipinski definition) is 1. The van der Waals surface area contributed by atoms with Crippen LogP contribution in [0.5, 0.6) is 0 Å². The molecular formula is C20H19N3O4S. The molecule has 1 aliphatic heterocycles. The van der Waals surface area contributed by atoms with Crippen molar-refractivity contribution in [3.63, 3.8) is 0 Å². The zero-order chi connectivity index (χ0) is 19.7. The van der Waals surface area contributed by atoms with Crippen LogP contribution in [0.25, 0.3) is 10.8 Å². The number of carbonyl (C=O) groups is 1. The van der Waals surface area contributed by atoms with Crippen LogP contribution < -0.4 is 10.9 Å². The van der Waals surface area contributed by atoms with Gasteiger partial charge in [0.15, 0.2) is 15.5 Å². The third kappa shape index (κ3) is 3.68. The number of benzene rings is 2. The van der Waals surface area contributed by atoms with Crippen molar-refractivity contribution in [1.82, 2.24) is 15.1 Å². The van der Waals surface area contributed by atoms with Gasteiger partial charge in [-0.1, -0.05) is 48.5 Å². The first-order valence-electron chi connectivity index (χ1n) is 8.98. The lowest BCUT2D eigenvalue weighted by Gasteiger charge is -2.14. The van der Waals surface area contributed by atoms with Crippen LogP contribution in [0.3, 0.4) is 0 Å². The maximum Gasteiger partial charge on any atom is 0.274 e. The van der Waals surface area contributed by atoms with Crippen molar-refractivity contribution in [2.24, 2.45) is 0 Å². The van der Waals surface area contributed by atoms with Gasteiger partial charge in [0.25, 0.3) is 11.5 Å². The SMILES string of the molecule is O=C(NC1CCS(=O)(=O)C1)c1nn(Cc2ccccc2)c(=O)c2ccccc12. The first-order valence-corrected chi connectivity index (χ1v) is 10.8. The van der Waals surface area contributed by atoms with Crippen LogP contribution in [0, 0.1) is 0 Å². The Balaban J connectivity index is 1.73. The van der Waals surface area contributed by atoms with Crippen molar-refractivity contribution >= 4 is 26.5 Å². The molecule has 1 fully saturated rings. The number of amides is 1. The van der Waals surface area contributed by atoms with E-state index in [1.807, 2.05) is 30.3 Å². The molecule has 0 bridgehead atoms. The summed E-state index contributed by atoms with van der Waals surface area (Å²) in [6.07, 6.45) is 0.385. The van der Waals surface area contributed by atoms with E-state index < -0.39 is 21.8 Å². The lowest BCUT2D eigenvalue weighted by Crippen LogP contribution is -2.37. The molecule has 28 heavy (non-hydrogen) atoms. The highest BCUT2D eigenvalue weighted by Crippen LogP contribution is 2.16. The predicted molar refractivity (Wildman–Crippen MR) is 106 cm³/mol. The zero-order valence-corrected chi connectivity index (χ0v) is 15.9. The zero-order valence-electron chi connectivity index (χ0n) is 15.0. The van der Waals surface area contributed by atoms with Gasteiger partial charge in [-0.15, -0.1) is 0 Å². The number of hydrogen-bond acceptors (Lipinski definition) is 5. The van der Waals surface area contributed by atoms with Gasteiger partial charge in [0.2, 0.25) is 0 Å². The van der Waals surface area contributed by atoms with E-state index in [9.17, 15) is 18.0 Å². The highest BCUT2D eigenvalue weighted by molar-refractivity contribution is 7.91. The normalized spacial score (nSPS) is 18.2. The molecule has 3 aromatic rings. The van der Waals surface area contributed by atoms with Crippen LogP contribution in [0.1, 0.15) is 22.5 Å². The van der Waals surface area contributed by atoms with Crippen molar-refractivity contribution in [3.8, 4) is 0 Å². The predicted octanol–water partition coefficient (Wildman–Crippen LogP) is 1.36. The van der Waals surface area contributed by atoms with Gasteiger partial charge in [-0.3, -0.25) is 9.59 Å².